The topological polar surface area (TPSA) is 47.6 Å². The molecule has 1 amide bonds. The number of nitrogens with one attached hydrogen (secondary N) is 1. The predicted octanol–water partition coefficient (Wildman–Crippen LogP) is 5.55. The van der Waals surface area contributed by atoms with Crippen LogP contribution in [-0.4, -0.2) is 18.8 Å². The fourth-order valence-electron chi connectivity index (χ4n) is 3.56. The number of para-hydroxylation sites is 1. The van der Waals surface area contributed by atoms with E-state index in [1.54, 1.807) is 0 Å². The number of halogens is 1. The largest absolute Gasteiger partial charge is 0.486 e. The van der Waals surface area contributed by atoms with Gasteiger partial charge in [0.25, 0.3) is 0 Å². The Morgan fingerprint density at radius 2 is 1.93 bits per heavy atom. The zero-order valence-electron chi connectivity index (χ0n) is 16.2. The lowest BCUT2D eigenvalue weighted by Crippen LogP contribution is -2.29. The van der Waals surface area contributed by atoms with E-state index in [0.717, 1.165) is 33.6 Å². The first kappa shape index (κ1) is 19.3. The van der Waals surface area contributed by atoms with E-state index in [1.165, 1.54) is 0 Å². The van der Waals surface area contributed by atoms with Gasteiger partial charge < -0.3 is 14.8 Å². The summed E-state index contributed by atoms with van der Waals surface area (Å²) in [6.07, 6.45) is 0.0744. The van der Waals surface area contributed by atoms with Gasteiger partial charge in [-0.2, -0.15) is 0 Å². The van der Waals surface area contributed by atoms with Crippen LogP contribution in [0.25, 0.3) is 11.1 Å². The maximum absolute atomic E-state index is 12.0. The second kappa shape index (κ2) is 8.58. The Hall–Kier alpha value is -2.98. The van der Waals surface area contributed by atoms with E-state index < -0.39 is 6.09 Å². The summed E-state index contributed by atoms with van der Waals surface area (Å²) in [7, 11) is 0. The standard InChI is InChI=1S/C24H22ClNO3/c1-16-12-19(25)10-11-21(16)22-9-5-8-18-13-20(29-23(18)22)15-28-24(27)26-14-17-6-3-2-4-7-17/h2-12,20H,13-15H2,1H3,(H,26,27). The number of carbonyl (C=O) groups excluding carboxylic acids is 1. The minimum atomic E-state index is -0.442. The Kier molecular flexibility index (Phi) is 5.72. The molecule has 0 aromatic heterocycles. The van der Waals surface area contributed by atoms with Crippen molar-refractivity contribution in [1.82, 2.24) is 5.32 Å². The van der Waals surface area contributed by atoms with Gasteiger partial charge in [0.2, 0.25) is 0 Å². The van der Waals surface area contributed by atoms with Gasteiger partial charge in [0.05, 0.1) is 0 Å². The number of hydrogen-bond acceptors (Lipinski definition) is 3. The molecule has 1 atom stereocenters. The van der Waals surface area contributed by atoms with Gasteiger partial charge in [-0.1, -0.05) is 66.2 Å². The molecule has 0 saturated heterocycles. The van der Waals surface area contributed by atoms with Crippen LogP contribution in [-0.2, 0) is 17.7 Å². The van der Waals surface area contributed by atoms with Gasteiger partial charge in [-0.3, -0.25) is 0 Å². The molecule has 29 heavy (non-hydrogen) atoms. The van der Waals surface area contributed by atoms with Crippen LogP contribution in [0.4, 0.5) is 4.79 Å². The summed E-state index contributed by atoms with van der Waals surface area (Å²) in [6.45, 7) is 2.67. The molecule has 1 aliphatic heterocycles. The lowest BCUT2D eigenvalue weighted by atomic mass is 9.97. The quantitative estimate of drug-likeness (QED) is 0.603. The van der Waals surface area contributed by atoms with E-state index in [1.807, 2.05) is 67.6 Å². The fraction of sp³-hybridized carbons (Fsp3) is 0.208. The molecule has 1 unspecified atom stereocenters. The van der Waals surface area contributed by atoms with Crippen molar-refractivity contribution in [2.75, 3.05) is 6.61 Å². The first-order chi connectivity index (χ1) is 14.1. The van der Waals surface area contributed by atoms with Crippen molar-refractivity contribution in [1.29, 1.82) is 0 Å². The highest BCUT2D eigenvalue weighted by Gasteiger charge is 2.27. The van der Waals surface area contributed by atoms with Gasteiger partial charge in [-0.05, 0) is 41.3 Å². The van der Waals surface area contributed by atoms with Gasteiger partial charge in [0.15, 0.2) is 0 Å². The SMILES string of the molecule is Cc1cc(Cl)ccc1-c1cccc2c1OC(COC(=O)NCc1ccccc1)C2. The summed E-state index contributed by atoms with van der Waals surface area (Å²) in [4.78, 5) is 12.0. The van der Waals surface area contributed by atoms with E-state index in [9.17, 15) is 4.79 Å². The van der Waals surface area contributed by atoms with Gasteiger partial charge in [0, 0.05) is 23.6 Å². The minimum Gasteiger partial charge on any atom is -0.486 e. The number of aryl methyl sites for hydroxylation is 1. The summed E-state index contributed by atoms with van der Waals surface area (Å²) in [5, 5.41) is 3.48. The van der Waals surface area contributed by atoms with Crippen molar-refractivity contribution in [3.05, 3.63) is 88.4 Å². The van der Waals surface area contributed by atoms with E-state index in [0.29, 0.717) is 18.0 Å². The highest BCUT2D eigenvalue weighted by atomic mass is 35.5. The van der Waals surface area contributed by atoms with Gasteiger partial charge in [-0.15, -0.1) is 0 Å². The average molecular weight is 408 g/mol. The molecule has 0 saturated carbocycles. The average Bonchev–Trinajstić information content (AvgIpc) is 3.15. The Balaban J connectivity index is 1.37. The number of fused-ring (bicyclic) bond motifs is 1. The van der Waals surface area contributed by atoms with E-state index in [2.05, 4.69) is 11.4 Å². The van der Waals surface area contributed by atoms with Gasteiger partial charge in [-0.25, -0.2) is 4.79 Å². The predicted molar refractivity (Wildman–Crippen MR) is 114 cm³/mol. The van der Waals surface area contributed by atoms with Crippen molar-refractivity contribution < 1.29 is 14.3 Å². The first-order valence-electron chi connectivity index (χ1n) is 9.60. The zero-order chi connectivity index (χ0) is 20.2. The molecule has 0 bridgehead atoms. The number of hydrogen-bond donors (Lipinski definition) is 1. The molecule has 0 aliphatic carbocycles. The zero-order valence-corrected chi connectivity index (χ0v) is 16.9. The van der Waals surface area contributed by atoms with Crippen molar-refractivity contribution in [3.8, 4) is 16.9 Å². The van der Waals surface area contributed by atoms with Gasteiger partial charge in [0.1, 0.15) is 18.5 Å². The molecule has 0 spiro atoms. The third kappa shape index (κ3) is 4.54. The minimum absolute atomic E-state index is 0.193. The second-order valence-corrected chi connectivity index (χ2v) is 7.57. The molecule has 1 aliphatic rings. The molecular formula is C24H22ClNO3. The number of benzene rings is 3. The van der Waals surface area contributed by atoms with Crippen molar-refractivity contribution in [3.63, 3.8) is 0 Å². The van der Waals surface area contributed by atoms with E-state index >= 15 is 0 Å². The highest BCUT2D eigenvalue weighted by Crippen LogP contribution is 2.40. The Morgan fingerprint density at radius 3 is 2.72 bits per heavy atom. The van der Waals surface area contributed by atoms with Crippen LogP contribution >= 0.6 is 11.6 Å². The molecule has 4 nitrogen and oxygen atoms in total. The Labute approximate surface area is 175 Å². The fourth-order valence-corrected chi connectivity index (χ4v) is 3.79. The molecular weight excluding hydrogens is 386 g/mol. The molecule has 148 valence electrons. The summed E-state index contributed by atoms with van der Waals surface area (Å²) >= 11 is 6.09. The van der Waals surface area contributed by atoms with Crippen LogP contribution in [0.15, 0.2) is 66.7 Å². The Morgan fingerprint density at radius 1 is 1.10 bits per heavy atom. The van der Waals surface area contributed by atoms with Crippen molar-refractivity contribution >= 4 is 17.7 Å². The number of ether oxygens (including phenoxy) is 2. The molecule has 3 aromatic carbocycles. The summed E-state index contributed by atoms with van der Waals surface area (Å²) in [5.74, 6) is 0.858. The third-order valence-corrected chi connectivity index (χ3v) is 5.22. The smallest absolute Gasteiger partial charge is 0.407 e. The molecule has 3 aromatic rings. The molecule has 0 fully saturated rings. The lowest BCUT2D eigenvalue weighted by Gasteiger charge is -2.14. The second-order valence-electron chi connectivity index (χ2n) is 7.13. The van der Waals surface area contributed by atoms with Crippen molar-refractivity contribution in [2.45, 2.75) is 26.0 Å². The number of amides is 1. The first-order valence-corrected chi connectivity index (χ1v) is 9.97. The van der Waals surface area contributed by atoms with Crippen LogP contribution in [0.3, 0.4) is 0 Å². The van der Waals surface area contributed by atoms with E-state index in [-0.39, 0.29) is 12.7 Å². The molecule has 0 radical (unpaired) electrons. The molecule has 1 N–H and O–H groups in total. The molecule has 1 heterocycles. The lowest BCUT2D eigenvalue weighted by molar-refractivity contribution is 0.0924. The van der Waals surface area contributed by atoms with Crippen LogP contribution in [0.1, 0.15) is 16.7 Å². The maximum Gasteiger partial charge on any atom is 0.407 e. The number of rotatable bonds is 5. The molecule has 5 heteroatoms. The van der Waals surface area contributed by atoms with Gasteiger partial charge >= 0.3 is 6.09 Å². The normalized spacial score (nSPS) is 14.8. The van der Waals surface area contributed by atoms with Crippen molar-refractivity contribution in [2.24, 2.45) is 0 Å². The third-order valence-electron chi connectivity index (χ3n) is 4.99. The van der Waals surface area contributed by atoms with E-state index in [4.69, 9.17) is 21.1 Å². The van der Waals surface area contributed by atoms with Crippen LogP contribution in [0, 0.1) is 6.92 Å². The number of alkyl carbamates (subject to hydrolysis) is 1. The summed E-state index contributed by atoms with van der Waals surface area (Å²) in [6, 6.07) is 21.7. The van der Waals surface area contributed by atoms with Crippen LogP contribution in [0.5, 0.6) is 5.75 Å². The highest BCUT2D eigenvalue weighted by molar-refractivity contribution is 6.30. The monoisotopic (exact) mass is 407 g/mol. The number of carbonyl (C=O) groups is 1. The maximum atomic E-state index is 12.0. The van der Waals surface area contributed by atoms with Crippen LogP contribution in [0.2, 0.25) is 5.02 Å². The Bertz CT molecular complexity index is 1020. The summed E-state index contributed by atoms with van der Waals surface area (Å²) in [5.41, 5.74) is 5.36. The summed E-state index contributed by atoms with van der Waals surface area (Å²) < 4.78 is 11.5. The van der Waals surface area contributed by atoms with Crippen LogP contribution < -0.4 is 10.1 Å². The molecule has 4 rings (SSSR count).